The van der Waals surface area contributed by atoms with Crippen LogP contribution in [-0.2, 0) is 0 Å². The number of benzene rings is 1. The van der Waals surface area contributed by atoms with Crippen molar-refractivity contribution in [3.05, 3.63) is 24.3 Å². The standard InChI is InChI=1S/C17H25N3O/c21-17(18-14-6-2-1-3-7-14)19-15-8-10-16(11-9-15)20-12-4-5-13-20/h8-11,14H,1-7,12-13H2,(H2,18,19,21). The largest absolute Gasteiger partial charge is 0.372 e. The SMILES string of the molecule is O=C(Nc1ccc(N2CCCC2)cc1)NC1CCCCC1. The van der Waals surface area contributed by atoms with Gasteiger partial charge in [-0.2, -0.15) is 0 Å². The van der Waals surface area contributed by atoms with Crippen molar-refractivity contribution in [2.75, 3.05) is 23.3 Å². The topological polar surface area (TPSA) is 44.4 Å². The van der Waals surface area contributed by atoms with Crippen molar-refractivity contribution in [1.82, 2.24) is 5.32 Å². The maximum Gasteiger partial charge on any atom is 0.319 e. The zero-order valence-corrected chi connectivity index (χ0v) is 12.6. The van der Waals surface area contributed by atoms with Crippen molar-refractivity contribution < 1.29 is 4.79 Å². The molecule has 0 spiro atoms. The van der Waals surface area contributed by atoms with Crippen LogP contribution in [0.5, 0.6) is 0 Å². The van der Waals surface area contributed by atoms with E-state index in [0.29, 0.717) is 6.04 Å². The van der Waals surface area contributed by atoms with Crippen LogP contribution in [-0.4, -0.2) is 25.2 Å². The first kappa shape index (κ1) is 14.2. The Kier molecular flexibility index (Phi) is 4.63. The predicted octanol–water partition coefficient (Wildman–Crippen LogP) is 3.74. The Balaban J connectivity index is 1.50. The lowest BCUT2D eigenvalue weighted by atomic mass is 9.96. The summed E-state index contributed by atoms with van der Waals surface area (Å²) in [6.45, 7) is 2.30. The van der Waals surface area contributed by atoms with Gasteiger partial charge in [0, 0.05) is 30.5 Å². The number of nitrogens with one attached hydrogen (secondary N) is 2. The molecule has 1 aliphatic heterocycles. The lowest BCUT2D eigenvalue weighted by Crippen LogP contribution is -2.39. The van der Waals surface area contributed by atoms with E-state index in [1.165, 1.54) is 37.8 Å². The van der Waals surface area contributed by atoms with Crippen LogP contribution in [0.25, 0.3) is 0 Å². The Morgan fingerprint density at radius 3 is 2.29 bits per heavy atom. The third-order valence-corrected chi connectivity index (χ3v) is 4.54. The highest BCUT2D eigenvalue weighted by molar-refractivity contribution is 5.89. The summed E-state index contributed by atoms with van der Waals surface area (Å²) < 4.78 is 0. The molecule has 1 aromatic carbocycles. The van der Waals surface area contributed by atoms with Crippen LogP contribution in [0.4, 0.5) is 16.2 Å². The summed E-state index contributed by atoms with van der Waals surface area (Å²) in [7, 11) is 0. The lowest BCUT2D eigenvalue weighted by Gasteiger charge is -2.23. The zero-order valence-electron chi connectivity index (χ0n) is 12.6. The van der Waals surface area contributed by atoms with E-state index in [1.54, 1.807) is 0 Å². The number of hydrogen-bond acceptors (Lipinski definition) is 2. The molecule has 21 heavy (non-hydrogen) atoms. The number of nitrogens with zero attached hydrogens (tertiary/aromatic N) is 1. The van der Waals surface area contributed by atoms with Gasteiger partial charge in [-0.1, -0.05) is 19.3 Å². The maximum atomic E-state index is 12.0. The van der Waals surface area contributed by atoms with Crippen LogP contribution >= 0.6 is 0 Å². The van der Waals surface area contributed by atoms with Crippen LogP contribution in [0.2, 0.25) is 0 Å². The van der Waals surface area contributed by atoms with Crippen LogP contribution in [0.3, 0.4) is 0 Å². The third kappa shape index (κ3) is 3.90. The normalized spacial score (nSPS) is 19.5. The summed E-state index contributed by atoms with van der Waals surface area (Å²) in [6, 6.07) is 8.46. The molecule has 2 amide bonds. The van der Waals surface area contributed by atoms with E-state index in [0.717, 1.165) is 31.6 Å². The Hall–Kier alpha value is -1.71. The van der Waals surface area contributed by atoms with Gasteiger partial charge in [-0.05, 0) is 49.9 Å². The van der Waals surface area contributed by atoms with Gasteiger partial charge in [0.25, 0.3) is 0 Å². The quantitative estimate of drug-likeness (QED) is 0.889. The van der Waals surface area contributed by atoms with Crippen LogP contribution in [0, 0.1) is 0 Å². The molecule has 0 aromatic heterocycles. The number of anilines is 2. The molecule has 1 aromatic rings. The van der Waals surface area contributed by atoms with Crippen molar-refractivity contribution in [3.63, 3.8) is 0 Å². The fraction of sp³-hybridized carbons (Fsp3) is 0.588. The van der Waals surface area contributed by atoms with E-state index in [2.05, 4.69) is 27.7 Å². The first-order chi connectivity index (χ1) is 10.3. The molecule has 0 unspecified atom stereocenters. The first-order valence-corrected chi connectivity index (χ1v) is 8.24. The Bertz CT molecular complexity index is 459. The second kappa shape index (κ2) is 6.83. The van der Waals surface area contributed by atoms with Crippen molar-refractivity contribution in [1.29, 1.82) is 0 Å². The molecule has 4 nitrogen and oxygen atoms in total. The van der Waals surface area contributed by atoms with E-state index in [9.17, 15) is 4.79 Å². The highest BCUT2D eigenvalue weighted by atomic mass is 16.2. The van der Waals surface area contributed by atoms with Gasteiger partial charge >= 0.3 is 6.03 Å². The minimum Gasteiger partial charge on any atom is -0.372 e. The molecular formula is C17H25N3O. The molecule has 4 heteroatoms. The van der Waals surface area contributed by atoms with Gasteiger partial charge in [0.05, 0.1) is 0 Å². The number of amides is 2. The summed E-state index contributed by atoms with van der Waals surface area (Å²) in [5.41, 5.74) is 2.12. The number of carbonyl (C=O) groups is 1. The van der Waals surface area contributed by atoms with Gasteiger partial charge in [0.15, 0.2) is 0 Å². The third-order valence-electron chi connectivity index (χ3n) is 4.54. The van der Waals surface area contributed by atoms with Gasteiger partial charge in [-0.15, -0.1) is 0 Å². The molecule has 2 fully saturated rings. The Labute approximate surface area is 126 Å². The van der Waals surface area contributed by atoms with Gasteiger partial charge in [-0.3, -0.25) is 0 Å². The lowest BCUT2D eigenvalue weighted by molar-refractivity contribution is 0.244. The average Bonchev–Trinajstić information content (AvgIpc) is 3.03. The van der Waals surface area contributed by atoms with E-state index < -0.39 is 0 Å². The van der Waals surface area contributed by atoms with E-state index in [-0.39, 0.29) is 6.03 Å². The minimum absolute atomic E-state index is 0.0733. The highest BCUT2D eigenvalue weighted by Crippen LogP contribution is 2.22. The molecule has 1 aliphatic carbocycles. The molecule has 1 saturated heterocycles. The zero-order chi connectivity index (χ0) is 14.5. The van der Waals surface area contributed by atoms with Crippen molar-refractivity contribution >= 4 is 17.4 Å². The van der Waals surface area contributed by atoms with E-state index in [1.807, 2.05) is 12.1 Å². The molecule has 2 N–H and O–H groups in total. The number of hydrogen-bond donors (Lipinski definition) is 2. The fourth-order valence-electron chi connectivity index (χ4n) is 3.33. The molecule has 0 radical (unpaired) electrons. The number of carbonyl (C=O) groups excluding carboxylic acids is 1. The molecule has 0 atom stereocenters. The molecule has 3 rings (SSSR count). The monoisotopic (exact) mass is 287 g/mol. The molecule has 1 heterocycles. The summed E-state index contributed by atoms with van der Waals surface area (Å²) in [5.74, 6) is 0. The van der Waals surface area contributed by atoms with E-state index in [4.69, 9.17) is 0 Å². The molecule has 0 bridgehead atoms. The van der Waals surface area contributed by atoms with Crippen LogP contribution in [0.1, 0.15) is 44.9 Å². The number of rotatable bonds is 3. The summed E-state index contributed by atoms with van der Waals surface area (Å²) in [5, 5.41) is 6.02. The minimum atomic E-state index is -0.0733. The van der Waals surface area contributed by atoms with Crippen molar-refractivity contribution in [2.24, 2.45) is 0 Å². The molecular weight excluding hydrogens is 262 g/mol. The Morgan fingerprint density at radius 2 is 1.62 bits per heavy atom. The van der Waals surface area contributed by atoms with Gasteiger partial charge in [0.2, 0.25) is 0 Å². The average molecular weight is 287 g/mol. The fourth-order valence-corrected chi connectivity index (χ4v) is 3.33. The van der Waals surface area contributed by atoms with Crippen molar-refractivity contribution in [2.45, 2.75) is 51.0 Å². The molecule has 1 saturated carbocycles. The second-order valence-corrected chi connectivity index (χ2v) is 6.17. The highest BCUT2D eigenvalue weighted by Gasteiger charge is 2.16. The van der Waals surface area contributed by atoms with Gasteiger partial charge < -0.3 is 15.5 Å². The maximum absolute atomic E-state index is 12.0. The van der Waals surface area contributed by atoms with Gasteiger partial charge in [-0.25, -0.2) is 4.79 Å². The van der Waals surface area contributed by atoms with Crippen molar-refractivity contribution in [3.8, 4) is 0 Å². The van der Waals surface area contributed by atoms with Crippen LogP contribution in [0.15, 0.2) is 24.3 Å². The summed E-state index contributed by atoms with van der Waals surface area (Å²) >= 11 is 0. The Morgan fingerprint density at radius 1 is 0.952 bits per heavy atom. The number of urea groups is 1. The second-order valence-electron chi connectivity index (χ2n) is 6.17. The summed E-state index contributed by atoms with van der Waals surface area (Å²) in [4.78, 5) is 14.4. The van der Waals surface area contributed by atoms with E-state index >= 15 is 0 Å². The van der Waals surface area contributed by atoms with Crippen LogP contribution < -0.4 is 15.5 Å². The smallest absolute Gasteiger partial charge is 0.319 e. The van der Waals surface area contributed by atoms with Gasteiger partial charge in [0.1, 0.15) is 0 Å². The predicted molar refractivity (Wildman–Crippen MR) is 86.9 cm³/mol. The molecule has 114 valence electrons. The molecule has 2 aliphatic rings. The summed E-state index contributed by atoms with van der Waals surface area (Å²) in [6.07, 6.45) is 8.55. The first-order valence-electron chi connectivity index (χ1n) is 8.24.